The molecule has 0 amide bonds. The van der Waals surface area contributed by atoms with Crippen LogP contribution in [0.25, 0.3) is 5.57 Å². The highest BCUT2D eigenvalue weighted by Gasteiger charge is 2.31. The van der Waals surface area contributed by atoms with Gasteiger partial charge in [-0.2, -0.15) is 0 Å². The van der Waals surface area contributed by atoms with Crippen molar-refractivity contribution in [3.63, 3.8) is 0 Å². The number of aliphatic hydroxyl groups excluding tert-OH is 1. The van der Waals surface area contributed by atoms with Crippen molar-refractivity contribution in [3.8, 4) is 11.5 Å². The highest BCUT2D eigenvalue weighted by molar-refractivity contribution is 5.89. The fraction of sp³-hybridized carbons (Fsp3) is 0.176. The van der Waals surface area contributed by atoms with Gasteiger partial charge in [0.15, 0.2) is 11.5 Å². The van der Waals surface area contributed by atoms with Crippen LogP contribution in [0, 0.1) is 0 Å². The molecule has 0 aromatic heterocycles. The molecule has 4 rings (SSSR count). The number of benzene rings is 2. The van der Waals surface area contributed by atoms with Crippen LogP contribution >= 0.6 is 0 Å². The van der Waals surface area contributed by atoms with E-state index in [1.807, 2.05) is 37.3 Å². The zero-order valence-electron chi connectivity index (χ0n) is 11.1. The standard InChI is InChI=1S/C17H14O3/c1-10-16(11-5-3-2-4-6-11)12-7-14-15(20-9-19-14)8-13(12)17(10)18/h2-8,17-18H,9H2,1H3. The normalized spacial score (nSPS) is 19.4. The number of aliphatic hydroxyl groups is 1. The van der Waals surface area contributed by atoms with Gasteiger partial charge in [-0.25, -0.2) is 0 Å². The third-order valence-corrected chi connectivity index (χ3v) is 3.98. The van der Waals surface area contributed by atoms with Gasteiger partial charge in [0.05, 0.1) is 0 Å². The summed E-state index contributed by atoms with van der Waals surface area (Å²) < 4.78 is 10.8. The molecule has 3 heteroatoms. The molecule has 1 aliphatic carbocycles. The molecule has 2 aromatic rings. The van der Waals surface area contributed by atoms with Gasteiger partial charge in [-0.05, 0) is 46.9 Å². The molecule has 1 unspecified atom stereocenters. The molecule has 2 aliphatic rings. The van der Waals surface area contributed by atoms with Crippen LogP contribution in [0.4, 0.5) is 0 Å². The van der Waals surface area contributed by atoms with Gasteiger partial charge >= 0.3 is 0 Å². The topological polar surface area (TPSA) is 38.7 Å². The van der Waals surface area contributed by atoms with Crippen molar-refractivity contribution in [2.24, 2.45) is 0 Å². The Morgan fingerprint density at radius 3 is 2.50 bits per heavy atom. The fourth-order valence-corrected chi connectivity index (χ4v) is 2.97. The molecule has 3 nitrogen and oxygen atoms in total. The van der Waals surface area contributed by atoms with Gasteiger partial charge in [0.1, 0.15) is 6.10 Å². The van der Waals surface area contributed by atoms with Crippen LogP contribution in [-0.2, 0) is 0 Å². The summed E-state index contributed by atoms with van der Waals surface area (Å²) in [4.78, 5) is 0. The lowest BCUT2D eigenvalue weighted by Gasteiger charge is -2.08. The van der Waals surface area contributed by atoms with Gasteiger partial charge in [0.25, 0.3) is 0 Å². The second kappa shape index (κ2) is 4.12. The molecule has 0 radical (unpaired) electrons. The highest BCUT2D eigenvalue weighted by Crippen LogP contribution is 2.48. The summed E-state index contributed by atoms with van der Waals surface area (Å²) in [6.45, 7) is 2.22. The van der Waals surface area contributed by atoms with Gasteiger partial charge in [-0.1, -0.05) is 30.3 Å². The van der Waals surface area contributed by atoms with E-state index in [2.05, 4.69) is 12.1 Å². The molecule has 0 fully saturated rings. The maximum Gasteiger partial charge on any atom is 0.231 e. The van der Waals surface area contributed by atoms with E-state index in [1.54, 1.807) is 0 Å². The number of rotatable bonds is 1. The summed E-state index contributed by atoms with van der Waals surface area (Å²) in [5.74, 6) is 1.46. The van der Waals surface area contributed by atoms with E-state index < -0.39 is 6.10 Å². The summed E-state index contributed by atoms with van der Waals surface area (Å²) >= 11 is 0. The Hall–Kier alpha value is -2.26. The lowest BCUT2D eigenvalue weighted by atomic mass is 9.97. The molecule has 0 saturated carbocycles. The number of hydrogen-bond donors (Lipinski definition) is 1. The monoisotopic (exact) mass is 266 g/mol. The second-order valence-electron chi connectivity index (χ2n) is 5.12. The van der Waals surface area contributed by atoms with Crippen molar-refractivity contribution in [2.45, 2.75) is 13.0 Å². The largest absolute Gasteiger partial charge is 0.454 e. The summed E-state index contributed by atoms with van der Waals surface area (Å²) in [6.07, 6.45) is -0.574. The second-order valence-corrected chi connectivity index (χ2v) is 5.12. The molecule has 0 bridgehead atoms. The van der Waals surface area contributed by atoms with Crippen molar-refractivity contribution in [3.05, 3.63) is 64.7 Å². The summed E-state index contributed by atoms with van der Waals surface area (Å²) in [6, 6.07) is 14.0. The Kier molecular flexibility index (Phi) is 2.38. The first kappa shape index (κ1) is 11.6. The Balaban J connectivity index is 1.94. The van der Waals surface area contributed by atoms with Gasteiger partial charge < -0.3 is 14.6 Å². The van der Waals surface area contributed by atoms with E-state index in [0.29, 0.717) is 5.75 Å². The van der Waals surface area contributed by atoms with Crippen LogP contribution in [0.5, 0.6) is 11.5 Å². The van der Waals surface area contributed by atoms with E-state index in [-0.39, 0.29) is 6.79 Å². The average Bonchev–Trinajstić information content (AvgIpc) is 3.02. The third kappa shape index (κ3) is 1.50. The van der Waals surface area contributed by atoms with Gasteiger partial charge in [0, 0.05) is 0 Å². The van der Waals surface area contributed by atoms with E-state index in [9.17, 15) is 5.11 Å². The smallest absolute Gasteiger partial charge is 0.231 e. The Labute approximate surface area is 117 Å². The predicted octanol–water partition coefficient (Wildman–Crippen LogP) is 3.28. The van der Waals surface area contributed by atoms with E-state index in [1.165, 1.54) is 0 Å². The summed E-state index contributed by atoms with van der Waals surface area (Å²) in [7, 11) is 0. The van der Waals surface area contributed by atoms with Gasteiger partial charge in [-0.3, -0.25) is 0 Å². The van der Waals surface area contributed by atoms with Crippen LogP contribution in [-0.4, -0.2) is 11.9 Å². The summed E-state index contributed by atoms with van der Waals surface area (Å²) in [5.41, 5.74) is 5.10. The quantitative estimate of drug-likeness (QED) is 0.860. The maximum atomic E-state index is 10.5. The Bertz CT molecular complexity index is 717. The van der Waals surface area contributed by atoms with E-state index in [4.69, 9.17) is 9.47 Å². The fourth-order valence-electron chi connectivity index (χ4n) is 2.97. The van der Waals surface area contributed by atoms with Crippen molar-refractivity contribution in [2.75, 3.05) is 6.79 Å². The van der Waals surface area contributed by atoms with Crippen LogP contribution in [0.15, 0.2) is 48.0 Å². The van der Waals surface area contributed by atoms with Crippen molar-refractivity contribution in [1.29, 1.82) is 0 Å². The van der Waals surface area contributed by atoms with Crippen molar-refractivity contribution >= 4 is 5.57 Å². The first-order valence-electron chi connectivity index (χ1n) is 6.64. The number of fused-ring (bicyclic) bond motifs is 2. The molecular weight excluding hydrogens is 252 g/mol. The lowest BCUT2D eigenvalue weighted by molar-refractivity contribution is 0.173. The first-order valence-corrected chi connectivity index (χ1v) is 6.64. The zero-order valence-corrected chi connectivity index (χ0v) is 11.1. The molecule has 1 aliphatic heterocycles. The zero-order chi connectivity index (χ0) is 13.7. The molecule has 100 valence electrons. The minimum absolute atomic E-state index is 0.248. The van der Waals surface area contributed by atoms with Gasteiger partial charge in [0.2, 0.25) is 6.79 Å². The molecule has 1 N–H and O–H groups in total. The molecule has 20 heavy (non-hydrogen) atoms. The minimum atomic E-state index is -0.574. The van der Waals surface area contributed by atoms with Crippen LogP contribution in [0.1, 0.15) is 29.7 Å². The van der Waals surface area contributed by atoms with Crippen LogP contribution in [0.3, 0.4) is 0 Å². The molecule has 0 saturated heterocycles. The predicted molar refractivity (Wildman–Crippen MR) is 75.7 cm³/mol. The molecular formula is C17H14O3. The highest BCUT2D eigenvalue weighted by atomic mass is 16.7. The van der Waals surface area contributed by atoms with Gasteiger partial charge in [-0.15, -0.1) is 0 Å². The lowest BCUT2D eigenvalue weighted by Crippen LogP contribution is -1.94. The maximum absolute atomic E-state index is 10.5. The van der Waals surface area contributed by atoms with Crippen LogP contribution < -0.4 is 9.47 Å². The van der Waals surface area contributed by atoms with E-state index in [0.717, 1.165) is 33.6 Å². The number of hydrogen-bond acceptors (Lipinski definition) is 3. The SMILES string of the molecule is CC1=C(c2ccccc2)c2cc3c(cc2C1O)OCO3. The molecule has 1 heterocycles. The third-order valence-electron chi connectivity index (χ3n) is 3.98. The molecule has 1 atom stereocenters. The summed E-state index contributed by atoms with van der Waals surface area (Å²) in [5, 5.41) is 10.5. The van der Waals surface area contributed by atoms with Crippen molar-refractivity contribution in [1.82, 2.24) is 0 Å². The number of ether oxygens (including phenoxy) is 2. The molecule has 0 spiro atoms. The Morgan fingerprint density at radius 1 is 1.05 bits per heavy atom. The Morgan fingerprint density at radius 2 is 1.75 bits per heavy atom. The van der Waals surface area contributed by atoms with Crippen molar-refractivity contribution < 1.29 is 14.6 Å². The van der Waals surface area contributed by atoms with Crippen LogP contribution in [0.2, 0.25) is 0 Å². The minimum Gasteiger partial charge on any atom is -0.454 e. The first-order chi connectivity index (χ1) is 9.75. The average molecular weight is 266 g/mol. The molecule has 2 aromatic carbocycles. The van der Waals surface area contributed by atoms with E-state index >= 15 is 0 Å².